The van der Waals surface area contributed by atoms with Crippen molar-refractivity contribution >= 4 is 5.69 Å². The lowest BCUT2D eigenvalue weighted by molar-refractivity contribution is 0.465. The second-order valence-corrected chi connectivity index (χ2v) is 4.59. The van der Waals surface area contributed by atoms with Gasteiger partial charge in [0.25, 0.3) is 0 Å². The van der Waals surface area contributed by atoms with Crippen LogP contribution in [0.4, 0.5) is 5.69 Å². The van der Waals surface area contributed by atoms with Crippen molar-refractivity contribution in [3.63, 3.8) is 0 Å². The Morgan fingerprint density at radius 3 is 2.47 bits per heavy atom. The molecule has 0 unspecified atom stereocenters. The Morgan fingerprint density at radius 1 is 1.20 bits per heavy atom. The fraction of sp³-hybridized carbons (Fsp3) is 0.538. The van der Waals surface area contributed by atoms with Crippen LogP contribution in [-0.2, 0) is 0 Å². The van der Waals surface area contributed by atoms with E-state index in [-0.39, 0.29) is 0 Å². The van der Waals surface area contributed by atoms with Gasteiger partial charge in [-0.3, -0.25) is 0 Å². The number of hydrogen-bond donors (Lipinski definition) is 1. The van der Waals surface area contributed by atoms with E-state index in [9.17, 15) is 5.11 Å². The fourth-order valence-electron chi connectivity index (χ4n) is 2.18. The molecule has 1 saturated heterocycles. The minimum absolute atomic E-state index is 0.382. The molecule has 0 aromatic heterocycles. The number of anilines is 1. The highest BCUT2D eigenvalue weighted by Crippen LogP contribution is 2.31. The summed E-state index contributed by atoms with van der Waals surface area (Å²) in [6.07, 6.45) is 2.58. The highest BCUT2D eigenvalue weighted by molar-refractivity contribution is 5.54. The number of phenolic OH excluding ortho intramolecular Hbond substituents is 1. The van der Waals surface area contributed by atoms with Crippen molar-refractivity contribution < 1.29 is 5.11 Å². The molecular weight excluding hydrogens is 186 g/mol. The van der Waals surface area contributed by atoms with E-state index in [2.05, 4.69) is 24.8 Å². The highest BCUT2D eigenvalue weighted by Gasteiger charge is 2.14. The van der Waals surface area contributed by atoms with E-state index in [4.69, 9.17) is 0 Å². The predicted octanol–water partition coefficient (Wildman–Crippen LogP) is 3.12. The molecule has 0 bridgehead atoms. The summed E-state index contributed by atoms with van der Waals surface area (Å²) in [7, 11) is 0. The van der Waals surface area contributed by atoms with Gasteiger partial charge in [0.15, 0.2) is 0 Å². The van der Waals surface area contributed by atoms with E-state index >= 15 is 0 Å². The van der Waals surface area contributed by atoms with E-state index in [0.29, 0.717) is 11.7 Å². The van der Waals surface area contributed by atoms with Crippen molar-refractivity contribution in [2.24, 2.45) is 0 Å². The van der Waals surface area contributed by atoms with Crippen LogP contribution in [0.25, 0.3) is 0 Å². The van der Waals surface area contributed by atoms with E-state index in [1.54, 1.807) is 0 Å². The molecule has 1 aromatic rings. The standard InChI is InChI=1S/C13H19NO/c1-10(2)12-9-11(5-6-13(12)15)14-7-3-4-8-14/h5-6,9-10,15H,3-4,7-8H2,1-2H3. The van der Waals surface area contributed by atoms with Crippen LogP contribution >= 0.6 is 0 Å². The van der Waals surface area contributed by atoms with Crippen LogP contribution in [0.5, 0.6) is 5.75 Å². The van der Waals surface area contributed by atoms with Crippen LogP contribution in [0.2, 0.25) is 0 Å². The molecule has 0 saturated carbocycles. The fourth-order valence-corrected chi connectivity index (χ4v) is 2.18. The van der Waals surface area contributed by atoms with Gasteiger partial charge < -0.3 is 10.0 Å². The maximum absolute atomic E-state index is 9.73. The Balaban J connectivity index is 2.29. The molecule has 0 spiro atoms. The molecule has 0 atom stereocenters. The second kappa shape index (κ2) is 4.13. The molecule has 0 aliphatic carbocycles. The van der Waals surface area contributed by atoms with Crippen LogP contribution in [0, 0.1) is 0 Å². The predicted molar refractivity (Wildman–Crippen MR) is 63.6 cm³/mol. The molecular formula is C13H19NO. The van der Waals surface area contributed by atoms with Gasteiger partial charge >= 0.3 is 0 Å². The first-order chi connectivity index (χ1) is 7.18. The quantitative estimate of drug-likeness (QED) is 0.802. The first kappa shape index (κ1) is 10.3. The van der Waals surface area contributed by atoms with Crippen LogP contribution < -0.4 is 4.90 Å². The van der Waals surface area contributed by atoms with Crippen LogP contribution in [0.15, 0.2) is 18.2 Å². The van der Waals surface area contributed by atoms with E-state index in [0.717, 1.165) is 18.7 Å². The van der Waals surface area contributed by atoms with E-state index < -0.39 is 0 Å². The van der Waals surface area contributed by atoms with E-state index in [1.165, 1.54) is 18.5 Å². The number of hydrogen-bond acceptors (Lipinski definition) is 2. The second-order valence-electron chi connectivity index (χ2n) is 4.59. The molecule has 2 rings (SSSR count). The van der Waals surface area contributed by atoms with Gasteiger partial charge in [0, 0.05) is 18.8 Å². The smallest absolute Gasteiger partial charge is 0.119 e. The first-order valence-corrected chi connectivity index (χ1v) is 5.76. The van der Waals surface area contributed by atoms with Gasteiger partial charge in [-0.05, 0) is 42.5 Å². The zero-order valence-corrected chi connectivity index (χ0v) is 9.53. The maximum Gasteiger partial charge on any atom is 0.119 e. The molecule has 1 aromatic carbocycles. The molecule has 1 heterocycles. The molecule has 15 heavy (non-hydrogen) atoms. The number of aromatic hydroxyl groups is 1. The lowest BCUT2D eigenvalue weighted by Crippen LogP contribution is -2.17. The average molecular weight is 205 g/mol. The summed E-state index contributed by atoms with van der Waals surface area (Å²) < 4.78 is 0. The summed E-state index contributed by atoms with van der Waals surface area (Å²) in [4.78, 5) is 2.39. The maximum atomic E-state index is 9.73. The van der Waals surface area contributed by atoms with Crippen LogP contribution in [0.3, 0.4) is 0 Å². The average Bonchev–Trinajstić information content (AvgIpc) is 2.71. The van der Waals surface area contributed by atoms with Crippen LogP contribution in [-0.4, -0.2) is 18.2 Å². The molecule has 2 heteroatoms. The van der Waals surface area contributed by atoms with Gasteiger partial charge in [-0.15, -0.1) is 0 Å². The zero-order chi connectivity index (χ0) is 10.8. The van der Waals surface area contributed by atoms with Crippen molar-refractivity contribution in [3.8, 4) is 5.75 Å². The largest absolute Gasteiger partial charge is 0.508 e. The molecule has 2 nitrogen and oxygen atoms in total. The zero-order valence-electron chi connectivity index (χ0n) is 9.53. The van der Waals surface area contributed by atoms with Crippen LogP contribution in [0.1, 0.15) is 38.2 Å². The Bertz CT molecular complexity index is 340. The molecule has 1 N–H and O–H groups in total. The van der Waals surface area contributed by atoms with Gasteiger partial charge in [-0.2, -0.15) is 0 Å². The van der Waals surface area contributed by atoms with E-state index in [1.807, 2.05) is 12.1 Å². The topological polar surface area (TPSA) is 23.5 Å². The monoisotopic (exact) mass is 205 g/mol. The third-order valence-electron chi connectivity index (χ3n) is 3.10. The summed E-state index contributed by atoms with van der Waals surface area (Å²) in [5.74, 6) is 0.806. The van der Waals surface area contributed by atoms with Crippen molar-refractivity contribution in [1.29, 1.82) is 0 Å². The Kier molecular flexibility index (Phi) is 2.85. The highest BCUT2D eigenvalue weighted by atomic mass is 16.3. The molecule has 1 aliphatic heterocycles. The molecule has 1 fully saturated rings. The summed E-state index contributed by atoms with van der Waals surface area (Å²) in [6.45, 7) is 6.54. The molecule has 0 radical (unpaired) electrons. The summed E-state index contributed by atoms with van der Waals surface area (Å²) in [6, 6.07) is 5.97. The SMILES string of the molecule is CC(C)c1cc(N2CCCC2)ccc1O. The number of nitrogens with zero attached hydrogens (tertiary/aromatic N) is 1. The summed E-state index contributed by atoms with van der Waals surface area (Å²) >= 11 is 0. The lowest BCUT2D eigenvalue weighted by Gasteiger charge is -2.19. The number of phenols is 1. The normalized spacial score (nSPS) is 16.3. The van der Waals surface area contributed by atoms with Gasteiger partial charge in [0.05, 0.1) is 0 Å². The number of rotatable bonds is 2. The Hall–Kier alpha value is -1.18. The van der Waals surface area contributed by atoms with Gasteiger partial charge in [-0.1, -0.05) is 13.8 Å². The minimum Gasteiger partial charge on any atom is -0.508 e. The molecule has 0 amide bonds. The van der Waals surface area contributed by atoms with Crippen molar-refractivity contribution in [2.75, 3.05) is 18.0 Å². The molecule has 82 valence electrons. The first-order valence-electron chi connectivity index (χ1n) is 5.76. The number of benzene rings is 1. The van der Waals surface area contributed by atoms with Gasteiger partial charge in [0.1, 0.15) is 5.75 Å². The van der Waals surface area contributed by atoms with Crippen molar-refractivity contribution in [2.45, 2.75) is 32.6 Å². The van der Waals surface area contributed by atoms with Crippen molar-refractivity contribution in [1.82, 2.24) is 0 Å². The minimum atomic E-state index is 0.382. The Morgan fingerprint density at radius 2 is 1.87 bits per heavy atom. The third-order valence-corrected chi connectivity index (χ3v) is 3.10. The Labute approximate surface area is 91.5 Å². The third kappa shape index (κ3) is 2.09. The molecule has 1 aliphatic rings. The van der Waals surface area contributed by atoms with Crippen molar-refractivity contribution in [3.05, 3.63) is 23.8 Å². The van der Waals surface area contributed by atoms with Gasteiger partial charge in [-0.25, -0.2) is 0 Å². The lowest BCUT2D eigenvalue weighted by atomic mass is 10.0. The van der Waals surface area contributed by atoms with Gasteiger partial charge in [0.2, 0.25) is 0 Å². The summed E-state index contributed by atoms with van der Waals surface area (Å²) in [5.41, 5.74) is 2.31. The summed E-state index contributed by atoms with van der Waals surface area (Å²) in [5, 5.41) is 9.73.